The van der Waals surface area contributed by atoms with Crippen molar-refractivity contribution in [2.45, 2.75) is 64.8 Å². The Morgan fingerprint density at radius 3 is 2.39 bits per heavy atom. The highest BCUT2D eigenvalue weighted by Crippen LogP contribution is 2.61. The molecule has 24 nitrogen and oxygen atoms in total. The minimum atomic E-state index is -5.57. The van der Waals surface area contributed by atoms with Gasteiger partial charge >= 0.3 is 23.5 Å². The summed E-state index contributed by atoms with van der Waals surface area (Å²) in [4.78, 5) is 87.0. The molecule has 0 spiro atoms. The van der Waals surface area contributed by atoms with Crippen LogP contribution < -0.4 is 16.4 Å². The lowest BCUT2D eigenvalue weighted by Crippen LogP contribution is -2.46. The van der Waals surface area contributed by atoms with E-state index in [9.17, 15) is 57.9 Å². The van der Waals surface area contributed by atoms with E-state index in [0.717, 1.165) is 34.6 Å². The van der Waals surface area contributed by atoms with E-state index >= 15 is 0 Å². The van der Waals surface area contributed by atoms with Crippen molar-refractivity contribution in [3.63, 3.8) is 0 Å². The van der Waals surface area contributed by atoms with Gasteiger partial charge in [0.2, 0.25) is 16.9 Å². The number of hydrogen-bond donors (Lipinski definition) is 9. The first-order chi connectivity index (χ1) is 24.9. The van der Waals surface area contributed by atoms with Crippen molar-refractivity contribution in [1.82, 2.24) is 30.2 Å². The van der Waals surface area contributed by atoms with E-state index in [1.807, 2.05) is 0 Å². The second kappa shape index (κ2) is 19.0. The highest BCUT2D eigenvalue weighted by atomic mass is 32.2. The Bertz CT molecular complexity index is 1840. The number of carbonyl (C=O) groups excluding carboxylic acids is 3. The van der Waals surface area contributed by atoms with Crippen molar-refractivity contribution in [3.05, 3.63) is 24.3 Å². The summed E-state index contributed by atoms with van der Waals surface area (Å²) in [5, 5.41) is 26.1. The maximum Gasteiger partial charge on any atom is 0.481 e. The summed E-state index contributed by atoms with van der Waals surface area (Å²) in [5.41, 5.74) is 5.10. The number of rotatable bonds is 20. The zero-order valence-corrected chi connectivity index (χ0v) is 32.7. The molecule has 0 aromatic carbocycles. The molecule has 0 saturated carbocycles. The van der Waals surface area contributed by atoms with Crippen LogP contribution in [0.15, 0.2) is 24.3 Å². The molecule has 0 radical (unpaired) electrons. The number of nitrogens with two attached hydrogens (primary N) is 1. The summed E-state index contributed by atoms with van der Waals surface area (Å²) >= 11 is 1.02. The van der Waals surface area contributed by atoms with Crippen LogP contribution in [0, 0.1) is 5.41 Å². The molecule has 3 heterocycles. The van der Waals surface area contributed by atoms with Crippen LogP contribution in [0.25, 0.3) is 11.2 Å². The topological polar surface area (TPSA) is 364 Å². The summed E-state index contributed by atoms with van der Waals surface area (Å²) in [6.07, 6.45) is -5.45. The first-order valence-electron chi connectivity index (χ1n) is 15.6. The van der Waals surface area contributed by atoms with Crippen LogP contribution >= 0.6 is 35.2 Å². The molecular weight excluding hydrogens is 807 g/mol. The Hall–Kier alpha value is -2.70. The number of anilines is 1. The SMILES string of the molecule is CC(C)=CC(=O)SCCNC(=O)CCNC(=O)C(O)C(C)(C)COP(=O)(O)OP(=O)(O)OCC1OC(n2cnc3c(N)ncnc32)C(O)C1OP(=O)(O)O. The smallest absolute Gasteiger partial charge is 0.386 e. The molecule has 1 aliphatic heterocycles. The molecular formula is C26H42N7O17P3S. The standard InChI is InChI=1S/C26H42N7O17P3S/c1-14(2)9-17(35)54-8-7-28-16(34)5-6-29-24(38)21(37)26(3,4)11-47-53(44,45)50-52(42,43)46-10-15-20(49-51(39,40)41)19(36)25(48-15)33-13-32-18-22(27)30-12-31-23(18)33/h9,12-13,15,19-21,25,36-37H,5-8,10-11H2,1-4H3,(H,28,34)(H,29,38)(H,42,43)(H,44,45)(H2,27,30,31)(H2,39,40,41). The van der Waals surface area contributed by atoms with E-state index in [4.69, 9.17) is 19.5 Å². The lowest BCUT2D eigenvalue weighted by atomic mass is 9.87. The number of ether oxygens (including phenoxy) is 1. The Labute approximate surface area is 311 Å². The van der Waals surface area contributed by atoms with Crippen molar-refractivity contribution < 1.29 is 80.5 Å². The lowest BCUT2D eigenvalue weighted by Gasteiger charge is -2.30. The van der Waals surface area contributed by atoms with Gasteiger partial charge in [0.05, 0.1) is 19.5 Å². The van der Waals surface area contributed by atoms with Crippen LogP contribution in [-0.2, 0) is 50.7 Å². The molecule has 2 aromatic heterocycles. The second-order valence-electron chi connectivity index (χ2n) is 12.5. The molecule has 28 heteroatoms. The molecule has 1 aliphatic rings. The van der Waals surface area contributed by atoms with E-state index in [1.54, 1.807) is 13.8 Å². The van der Waals surface area contributed by atoms with Gasteiger partial charge in [-0.3, -0.25) is 32.5 Å². The number of hydrogen-bond acceptors (Lipinski definition) is 18. The summed E-state index contributed by atoms with van der Waals surface area (Å²) in [5.74, 6) is -1.13. The quantitative estimate of drug-likeness (QED) is 0.0466. The number of carbonyl (C=O) groups is 3. The van der Waals surface area contributed by atoms with Crippen LogP contribution in [-0.4, -0.2) is 123 Å². The monoisotopic (exact) mass is 849 g/mol. The highest BCUT2D eigenvalue weighted by Gasteiger charge is 2.50. The number of aliphatic hydroxyl groups excluding tert-OH is 2. The average molecular weight is 850 g/mol. The van der Waals surface area contributed by atoms with Crippen LogP contribution in [0.1, 0.15) is 40.3 Å². The number of thioether (sulfide) groups is 1. The third-order valence-electron chi connectivity index (χ3n) is 7.15. The fourth-order valence-electron chi connectivity index (χ4n) is 4.56. The van der Waals surface area contributed by atoms with Crippen LogP contribution in [0.4, 0.5) is 5.82 Å². The minimum Gasteiger partial charge on any atom is -0.386 e. The summed E-state index contributed by atoms with van der Waals surface area (Å²) < 4.78 is 62.0. The third kappa shape index (κ3) is 13.8. The predicted molar refractivity (Wildman–Crippen MR) is 187 cm³/mol. The van der Waals surface area contributed by atoms with Gasteiger partial charge in [-0.25, -0.2) is 28.6 Å². The van der Waals surface area contributed by atoms with Crippen molar-refractivity contribution >= 4 is 69.1 Å². The maximum atomic E-state index is 12.6. The normalized spacial score (nSPS) is 21.9. The van der Waals surface area contributed by atoms with E-state index in [2.05, 4.69) is 34.4 Å². The molecule has 304 valence electrons. The molecule has 1 saturated heterocycles. The predicted octanol–water partition coefficient (Wildman–Crippen LogP) is -0.369. The zero-order valence-electron chi connectivity index (χ0n) is 29.2. The number of fused-ring (bicyclic) bond motifs is 1. The van der Waals surface area contributed by atoms with Crippen molar-refractivity contribution in [2.75, 3.05) is 37.8 Å². The van der Waals surface area contributed by atoms with Gasteiger partial charge in [0.1, 0.15) is 36.3 Å². The van der Waals surface area contributed by atoms with E-state index < -0.39 is 84.6 Å². The number of aliphatic hydroxyl groups is 2. The highest BCUT2D eigenvalue weighted by molar-refractivity contribution is 8.14. The first kappa shape index (κ1) is 45.7. The Morgan fingerprint density at radius 2 is 1.74 bits per heavy atom. The molecule has 0 aliphatic carbocycles. The van der Waals surface area contributed by atoms with E-state index in [-0.39, 0.29) is 41.6 Å². The van der Waals surface area contributed by atoms with Gasteiger partial charge < -0.3 is 50.9 Å². The van der Waals surface area contributed by atoms with Crippen LogP contribution in [0.5, 0.6) is 0 Å². The van der Waals surface area contributed by atoms with Crippen molar-refractivity contribution in [3.8, 4) is 0 Å². The molecule has 54 heavy (non-hydrogen) atoms. The van der Waals surface area contributed by atoms with Gasteiger partial charge in [-0.15, -0.1) is 0 Å². The second-order valence-corrected chi connectivity index (χ2v) is 17.8. The van der Waals surface area contributed by atoms with Crippen molar-refractivity contribution in [1.29, 1.82) is 0 Å². The molecule has 2 amide bonds. The molecule has 1 fully saturated rings. The number of amides is 2. The van der Waals surface area contributed by atoms with E-state index in [1.165, 1.54) is 19.9 Å². The largest absolute Gasteiger partial charge is 0.481 e. The zero-order chi connectivity index (χ0) is 40.6. The van der Waals surface area contributed by atoms with Gasteiger partial charge in [0.15, 0.2) is 17.7 Å². The van der Waals surface area contributed by atoms with E-state index in [0.29, 0.717) is 5.75 Å². The average Bonchev–Trinajstić information content (AvgIpc) is 3.60. The Kier molecular flexibility index (Phi) is 16.0. The van der Waals surface area contributed by atoms with Gasteiger partial charge in [0, 0.05) is 30.7 Å². The van der Waals surface area contributed by atoms with Gasteiger partial charge in [-0.05, 0) is 19.9 Å². The van der Waals surface area contributed by atoms with Gasteiger partial charge in [-0.1, -0.05) is 31.2 Å². The first-order valence-corrected chi connectivity index (χ1v) is 21.1. The third-order valence-corrected chi connectivity index (χ3v) is 11.1. The number of nitrogens with zero attached hydrogens (tertiary/aromatic N) is 4. The Balaban J connectivity index is 1.51. The number of allylic oxidation sites excluding steroid dienone is 1. The minimum absolute atomic E-state index is 0.0301. The van der Waals surface area contributed by atoms with Gasteiger partial charge in [0.25, 0.3) is 0 Å². The van der Waals surface area contributed by atoms with Crippen LogP contribution in [0.2, 0.25) is 0 Å². The fraction of sp³-hybridized carbons (Fsp3) is 0.615. The summed E-state index contributed by atoms with van der Waals surface area (Å²) in [6.45, 7) is 4.03. The lowest BCUT2D eigenvalue weighted by molar-refractivity contribution is -0.137. The van der Waals surface area contributed by atoms with Crippen molar-refractivity contribution in [2.24, 2.45) is 5.41 Å². The number of nitrogens with one attached hydrogen (secondary N) is 2. The molecule has 7 unspecified atom stereocenters. The maximum absolute atomic E-state index is 12.6. The number of phosphoric acid groups is 3. The van der Waals surface area contributed by atoms with Crippen LogP contribution in [0.3, 0.4) is 0 Å². The number of imidazole rings is 1. The molecule has 10 N–H and O–H groups in total. The molecule has 7 atom stereocenters. The van der Waals surface area contributed by atoms with Gasteiger partial charge in [-0.2, -0.15) is 4.31 Å². The molecule has 3 rings (SSSR count). The number of nitrogen functional groups attached to an aromatic ring is 1. The fourth-order valence-corrected chi connectivity index (χ4v) is 8.11. The molecule has 2 aromatic rings. The number of phosphoric ester groups is 3. The number of aromatic nitrogens is 4. The summed E-state index contributed by atoms with van der Waals surface area (Å²) in [6, 6.07) is 0. The Morgan fingerprint density at radius 1 is 1.07 bits per heavy atom. The summed E-state index contributed by atoms with van der Waals surface area (Å²) in [7, 11) is -16.4. The molecule has 0 bridgehead atoms.